The smallest absolute Gasteiger partial charge is 0.294 e. The van der Waals surface area contributed by atoms with Crippen LogP contribution in [-0.4, -0.2) is 4.92 Å². The zero-order chi connectivity index (χ0) is 11.8. The fraction of sp³-hybridized carbons (Fsp3) is 0. The molecule has 0 saturated carbocycles. The lowest BCUT2D eigenvalue weighted by Crippen LogP contribution is -2.00. The molecule has 84 valence electrons. The maximum Gasteiger partial charge on any atom is 0.294 e. The molecule has 1 aliphatic heterocycles. The maximum atomic E-state index is 10.4. The van der Waals surface area contributed by atoms with Crippen molar-refractivity contribution in [2.75, 3.05) is 5.32 Å². The summed E-state index contributed by atoms with van der Waals surface area (Å²) in [5.74, 6) is 0.748. The molecule has 0 saturated heterocycles. The lowest BCUT2D eigenvalue weighted by Gasteiger charge is -2.01. The molecule has 3 rings (SSSR count). The summed E-state index contributed by atoms with van der Waals surface area (Å²) in [4.78, 5) is 9.83. The second kappa shape index (κ2) is 3.48. The third kappa shape index (κ3) is 1.57. The van der Waals surface area contributed by atoms with Crippen LogP contribution in [-0.2, 0) is 0 Å². The second-order valence-corrected chi connectivity index (χ2v) is 3.67. The van der Waals surface area contributed by atoms with Gasteiger partial charge in [-0.1, -0.05) is 30.3 Å². The third-order valence-corrected chi connectivity index (χ3v) is 2.58. The fourth-order valence-electron chi connectivity index (χ4n) is 1.89. The zero-order valence-corrected chi connectivity index (χ0v) is 8.71. The van der Waals surface area contributed by atoms with Crippen molar-refractivity contribution in [3.63, 3.8) is 0 Å². The van der Waals surface area contributed by atoms with Crippen molar-refractivity contribution in [1.29, 1.82) is 0 Å². The van der Waals surface area contributed by atoms with Crippen molar-refractivity contribution in [3.8, 4) is 5.75 Å². The normalized spacial score (nSPS) is 15.4. The number of nitrogens with zero attached hydrogens (tertiary/aromatic N) is 1. The average molecular weight is 228 g/mol. The lowest BCUT2D eigenvalue weighted by atomic mass is 10.1. The van der Waals surface area contributed by atoms with Crippen molar-refractivity contribution < 1.29 is 9.66 Å². The van der Waals surface area contributed by atoms with Gasteiger partial charge in [0, 0.05) is 5.39 Å². The largest absolute Gasteiger partial charge is 0.433 e. The van der Waals surface area contributed by atoms with Crippen LogP contribution in [0.1, 0.15) is 0 Å². The van der Waals surface area contributed by atoms with Gasteiger partial charge in [0.25, 0.3) is 12.1 Å². The molecule has 2 aromatic carbocycles. The van der Waals surface area contributed by atoms with Crippen molar-refractivity contribution in [2.45, 2.75) is 0 Å². The van der Waals surface area contributed by atoms with Crippen LogP contribution in [0.2, 0.25) is 0 Å². The first-order valence-corrected chi connectivity index (χ1v) is 5.06. The van der Waals surface area contributed by atoms with E-state index in [0.717, 1.165) is 22.7 Å². The first-order valence-electron chi connectivity index (χ1n) is 5.06. The van der Waals surface area contributed by atoms with E-state index in [4.69, 9.17) is 4.74 Å². The van der Waals surface area contributed by atoms with Crippen LogP contribution in [0.3, 0.4) is 0 Å². The van der Waals surface area contributed by atoms with Gasteiger partial charge in [0.05, 0.1) is 10.6 Å². The Balaban J connectivity index is 2.14. The molecule has 0 unspecified atom stereocenters. The minimum Gasteiger partial charge on any atom is -0.433 e. The Morgan fingerprint density at radius 2 is 2.06 bits per heavy atom. The van der Waals surface area contributed by atoms with Gasteiger partial charge < -0.3 is 10.1 Å². The minimum atomic E-state index is -0.545. The topological polar surface area (TPSA) is 64.4 Å². The predicted molar refractivity (Wildman–Crippen MR) is 63.3 cm³/mol. The standard InChI is InChI=1S/C12H8N2O3/c15-14(16)7-11-13-12-9-4-2-1-3-8(9)5-6-10(12)17-11/h1-7,13H/b11-7+. The van der Waals surface area contributed by atoms with Gasteiger partial charge in [0.2, 0.25) is 0 Å². The van der Waals surface area contributed by atoms with Gasteiger partial charge in [-0.15, -0.1) is 0 Å². The molecule has 0 spiro atoms. The van der Waals surface area contributed by atoms with Crippen LogP contribution in [0, 0.1) is 10.1 Å². The molecule has 1 aliphatic rings. The van der Waals surface area contributed by atoms with Crippen molar-refractivity contribution in [2.24, 2.45) is 0 Å². The summed E-state index contributed by atoms with van der Waals surface area (Å²) < 4.78 is 5.33. The van der Waals surface area contributed by atoms with E-state index < -0.39 is 4.92 Å². The molecule has 0 fully saturated rings. The maximum absolute atomic E-state index is 10.4. The van der Waals surface area contributed by atoms with E-state index in [1.165, 1.54) is 0 Å². The molecule has 0 amide bonds. The number of nitrogens with one attached hydrogen (secondary N) is 1. The highest BCUT2D eigenvalue weighted by Crippen LogP contribution is 2.39. The average Bonchev–Trinajstić information content (AvgIpc) is 2.70. The van der Waals surface area contributed by atoms with E-state index in [0.29, 0.717) is 5.75 Å². The van der Waals surface area contributed by atoms with E-state index in [-0.39, 0.29) is 5.88 Å². The molecule has 5 heteroatoms. The monoisotopic (exact) mass is 228 g/mol. The summed E-state index contributed by atoms with van der Waals surface area (Å²) >= 11 is 0. The molecule has 0 aromatic heterocycles. The molecule has 5 nitrogen and oxygen atoms in total. The molecule has 1 heterocycles. The number of hydrogen-bond acceptors (Lipinski definition) is 4. The van der Waals surface area contributed by atoms with E-state index in [1.807, 2.05) is 30.3 Å². The Morgan fingerprint density at radius 3 is 2.88 bits per heavy atom. The van der Waals surface area contributed by atoms with Gasteiger partial charge in [-0.3, -0.25) is 10.1 Å². The number of anilines is 1. The zero-order valence-electron chi connectivity index (χ0n) is 8.71. The van der Waals surface area contributed by atoms with Gasteiger partial charge in [-0.05, 0) is 11.5 Å². The van der Waals surface area contributed by atoms with Crippen LogP contribution in [0.4, 0.5) is 5.69 Å². The highest BCUT2D eigenvalue weighted by atomic mass is 16.6. The molecule has 0 atom stereocenters. The van der Waals surface area contributed by atoms with E-state index in [1.54, 1.807) is 6.07 Å². The van der Waals surface area contributed by atoms with Crippen molar-refractivity contribution in [3.05, 3.63) is 58.6 Å². The minimum absolute atomic E-state index is 0.140. The fourth-order valence-corrected chi connectivity index (χ4v) is 1.89. The van der Waals surface area contributed by atoms with Crippen LogP contribution < -0.4 is 10.1 Å². The van der Waals surface area contributed by atoms with Gasteiger partial charge in [-0.2, -0.15) is 0 Å². The molecular weight excluding hydrogens is 220 g/mol. The van der Waals surface area contributed by atoms with Gasteiger partial charge in [-0.25, -0.2) is 0 Å². The number of benzene rings is 2. The number of fused-ring (bicyclic) bond motifs is 3. The Labute approximate surface area is 96.5 Å². The lowest BCUT2D eigenvalue weighted by molar-refractivity contribution is -0.404. The first kappa shape index (κ1) is 9.65. The van der Waals surface area contributed by atoms with Crippen molar-refractivity contribution >= 4 is 16.5 Å². The molecule has 2 aromatic rings. The first-order chi connectivity index (χ1) is 8.24. The van der Waals surface area contributed by atoms with Gasteiger partial charge in [0.15, 0.2) is 5.75 Å². The summed E-state index contributed by atoms with van der Waals surface area (Å²) in [6.07, 6.45) is 0.814. The highest BCUT2D eigenvalue weighted by molar-refractivity contribution is 5.98. The Bertz CT molecular complexity index is 649. The number of rotatable bonds is 1. The van der Waals surface area contributed by atoms with Crippen molar-refractivity contribution in [1.82, 2.24) is 0 Å². The van der Waals surface area contributed by atoms with E-state index in [9.17, 15) is 10.1 Å². The van der Waals surface area contributed by atoms with Crippen LogP contribution in [0.25, 0.3) is 10.8 Å². The van der Waals surface area contributed by atoms with E-state index in [2.05, 4.69) is 5.32 Å². The molecular formula is C12H8N2O3. The quantitative estimate of drug-likeness (QED) is 0.602. The molecule has 0 aliphatic carbocycles. The van der Waals surface area contributed by atoms with Gasteiger partial charge in [0.1, 0.15) is 0 Å². The number of nitro groups is 1. The molecule has 17 heavy (non-hydrogen) atoms. The second-order valence-electron chi connectivity index (χ2n) is 3.67. The summed E-state index contributed by atoms with van der Waals surface area (Å²) in [6.45, 7) is 0. The van der Waals surface area contributed by atoms with Gasteiger partial charge >= 0.3 is 0 Å². The SMILES string of the molecule is O=[N+]([O-])/C=C1\Nc2c(ccc3ccccc23)O1. The summed E-state index contributed by atoms with van der Waals surface area (Å²) in [5.41, 5.74) is 0.774. The Morgan fingerprint density at radius 1 is 1.24 bits per heavy atom. The van der Waals surface area contributed by atoms with E-state index >= 15 is 0 Å². The van der Waals surface area contributed by atoms with Crippen LogP contribution in [0.5, 0.6) is 5.75 Å². The number of hydrogen-bond donors (Lipinski definition) is 1. The predicted octanol–water partition coefficient (Wildman–Crippen LogP) is 2.72. The molecule has 0 bridgehead atoms. The summed E-state index contributed by atoms with van der Waals surface area (Å²) in [7, 11) is 0. The summed E-state index contributed by atoms with van der Waals surface area (Å²) in [6, 6.07) is 11.5. The van der Waals surface area contributed by atoms with Crippen LogP contribution in [0.15, 0.2) is 48.5 Å². The summed E-state index contributed by atoms with van der Waals surface area (Å²) in [5, 5.41) is 15.3. The number of ether oxygens (including phenoxy) is 1. The third-order valence-electron chi connectivity index (χ3n) is 2.58. The van der Waals surface area contributed by atoms with Crippen LogP contribution >= 0.6 is 0 Å². The Kier molecular flexibility index (Phi) is 1.98. The molecule has 0 radical (unpaired) electrons. The highest BCUT2D eigenvalue weighted by Gasteiger charge is 2.21. The molecule has 1 N–H and O–H groups in total. The Hall–Kier alpha value is -2.56.